The molecule has 78 valence electrons. The Kier molecular flexibility index (Phi) is 2.03. The third kappa shape index (κ3) is 1.33. The van der Waals surface area contributed by atoms with Gasteiger partial charge in [-0.15, -0.1) is 0 Å². The quantitative estimate of drug-likeness (QED) is 0.764. The molecule has 0 spiro atoms. The number of benzene rings is 2. The zero-order valence-corrected chi connectivity index (χ0v) is 8.98. The van der Waals surface area contributed by atoms with Crippen molar-refractivity contribution in [2.24, 2.45) is 5.73 Å². The van der Waals surface area contributed by atoms with Gasteiger partial charge in [0.05, 0.1) is 0 Å². The maximum atomic E-state index is 6.20. The normalized spacial score (nSPS) is 14.0. The number of allylic oxidation sites excluding steroid dienone is 1. The van der Waals surface area contributed by atoms with E-state index in [2.05, 4.69) is 42.5 Å². The third-order valence-corrected chi connectivity index (χ3v) is 3.12. The van der Waals surface area contributed by atoms with Gasteiger partial charge in [-0.3, -0.25) is 0 Å². The van der Waals surface area contributed by atoms with Crippen molar-refractivity contribution in [3.8, 4) is 0 Å². The predicted octanol–water partition coefficient (Wildman–Crippen LogP) is 3.07. The standard InChI is InChI=1S/C15H13N/c16-15-13-9-5-4-8-12(13)10-14(15)11-6-2-1-3-7-11/h1-9H,10,16H2. The molecule has 3 rings (SSSR count). The molecule has 0 aliphatic heterocycles. The summed E-state index contributed by atoms with van der Waals surface area (Å²) in [6.45, 7) is 0. The summed E-state index contributed by atoms with van der Waals surface area (Å²) in [5.41, 5.74) is 12.1. The average molecular weight is 207 g/mol. The van der Waals surface area contributed by atoms with Crippen LogP contribution < -0.4 is 5.73 Å². The zero-order chi connectivity index (χ0) is 11.0. The van der Waals surface area contributed by atoms with Crippen LogP contribution >= 0.6 is 0 Å². The van der Waals surface area contributed by atoms with Crippen LogP contribution in [0, 0.1) is 0 Å². The van der Waals surface area contributed by atoms with Crippen LogP contribution in [-0.4, -0.2) is 0 Å². The van der Waals surface area contributed by atoms with Crippen molar-refractivity contribution in [3.05, 3.63) is 71.3 Å². The first-order valence-corrected chi connectivity index (χ1v) is 5.48. The van der Waals surface area contributed by atoms with E-state index in [1.54, 1.807) is 0 Å². The fourth-order valence-electron chi connectivity index (χ4n) is 2.28. The number of hydrogen-bond acceptors (Lipinski definition) is 1. The summed E-state index contributed by atoms with van der Waals surface area (Å²) in [4.78, 5) is 0. The highest BCUT2D eigenvalue weighted by molar-refractivity contribution is 5.95. The number of hydrogen-bond donors (Lipinski definition) is 1. The van der Waals surface area contributed by atoms with E-state index in [1.807, 2.05) is 12.1 Å². The van der Waals surface area contributed by atoms with Crippen LogP contribution in [0.4, 0.5) is 0 Å². The van der Waals surface area contributed by atoms with Gasteiger partial charge in [0.2, 0.25) is 0 Å². The lowest BCUT2D eigenvalue weighted by Gasteiger charge is -2.03. The molecule has 1 nitrogen and oxygen atoms in total. The Morgan fingerprint density at radius 2 is 1.50 bits per heavy atom. The number of nitrogens with two attached hydrogens (primary N) is 1. The molecule has 1 aliphatic rings. The van der Waals surface area contributed by atoms with Crippen LogP contribution in [0.5, 0.6) is 0 Å². The second-order valence-corrected chi connectivity index (χ2v) is 4.09. The molecule has 16 heavy (non-hydrogen) atoms. The molecular formula is C15H13N. The lowest BCUT2D eigenvalue weighted by molar-refractivity contribution is 1.32. The summed E-state index contributed by atoms with van der Waals surface area (Å²) in [5, 5.41) is 0. The highest BCUT2D eigenvalue weighted by atomic mass is 14.6. The van der Waals surface area contributed by atoms with E-state index in [0.29, 0.717) is 0 Å². The largest absolute Gasteiger partial charge is 0.398 e. The SMILES string of the molecule is NC1=C(c2ccccc2)Cc2ccccc21. The van der Waals surface area contributed by atoms with Gasteiger partial charge in [0.15, 0.2) is 0 Å². The molecule has 1 heteroatoms. The predicted molar refractivity (Wildman–Crippen MR) is 67.6 cm³/mol. The molecule has 0 heterocycles. The molecule has 0 radical (unpaired) electrons. The molecule has 0 aromatic heterocycles. The maximum absolute atomic E-state index is 6.20. The Morgan fingerprint density at radius 3 is 2.25 bits per heavy atom. The number of fused-ring (bicyclic) bond motifs is 1. The van der Waals surface area contributed by atoms with Crippen molar-refractivity contribution in [1.82, 2.24) is 0 Å². The molecule has 2 aromatic rings. The first kappa shape index (κ1) is 9.22. The zero-order valence-electron chi connectivity index (χ0n) is 8.98. The Balaban J connectivity index is 2.11. The van der Waals surface area contributed by atoms with Crippen molar-refractivity contribution in [2.75, 3.05) is 0 Å². The summed E-state index contributed by atoms with van der Waals surface area (Å²) in [6.07, 6.45) is 0.950. The van der Waals surface area contributed by atoms with Crippen LogP contribution in [0.25, 0.3) is 11.3 Å². The highest BCUT2D eigenvalue weighted by Crippen LogP contribution is 2.34. The fraction of sp³-hybridized carbons (Fsp3) is 0.0667. The van der Waals surface area contributed by atoms with Gasteiger partial charge in [-0.1, -0.05) is 54.6 Å². The van der Waals surface area contributed by atoms with Crippen molar-refractivity contribution in [2.45, 2.75) is 6.42 Å². The monoisotopic (exact) mass is 207 g/mol. The minimum atomic E-state index is 0.932. The molecule has 1 aliphatic carbocycles. The fourth-order valence-corrected chi connectivity index (χ4v) is 2.28. The summed E-state index contributed by atoms with van der Waals surface area (Å²) >= 11 is 0. The maximum Gasteiger partial charge on any atom is 0.0432 e. The lowest BCUT2D eigenvalue weighted by Crippen LogP contribution is -1.95. The van der Waals surface area contributed by atoms with E-state index in [9.17, 15) is 0 Å². The molecule has 0 bridgehead atoms. The molecule has 0 amide bonds. The van der Waals surface area contributed by atoms with E-state index in [1.165, 1.54) is 22.3 Å². The van der Waals surface area contributed by atoms with Crippen LogP contribution in [0.1, 0.15) is 16.7 Å². The first-order valence-electron chi connectivity index (χ1n) is 5.48. The molecule has 0 saturated heterocycles. The molecule has 2 aromatic carbocycles. The van der Waals surface area contributed by atoms with E-state index in [-0.39, 0.29) is 0 Å². The Bertz CT molecular complexity index is 553. The molecule has 0 atom stereocenters. The van der Waals surface area contributed by atoms with Gasteiger partial charge in [0.25, 0.3) is 0 Å². The lowest BCUT2D eigenvalue weighted by atomic mass is 10.0. The minimum Gasteiger partial charge on any atom is -0.398 e. The first-order chi connectivity index (χ1) is 7.86. The van der Waals surface area contributed by atoms with Gasteiger partial charge in [-0.25, -0.2) is 0 Å². The summed E-state index contributed by atoms with van der Waals surface area (Å²) in [7, 11) is 0. The van der Waals surface area contributed by atoms with E-state index in [0.717, 1.165) is 12.1 Å². The van der Waals surface area contributed by atoms with Gasteiger partial charge in [0, 0.05) is 17.7 Å². The van der Waals surface area contributed by atoms with Gasteiger partial charge in [-0.2, -0.15) is 0 Å². The second-order valence-electron chi connectivity index (χ2n) is 4.09. The number of rotatable bonds is 1. The molecule has 0 fully saturated rings. The molecule has 2 N–H and O–H groups in total. The topological polar surface area (TPSA) is 26.0 Å². The average Bonchev–Trinajstić information content (AvgIpc) is 2.69. The van der Waals surface area contributed by atoms with Crippen molar-refractivity contribution in [1.29, 1.82) is 0 Å². The van der Waals surface area contributed by atoms with Crippen molar-refractivity contribution < 1.29 is 0 Å². The van der Waals surface area contributed by atoms with Crippen LogP contribution in [0.15, 0.2) is 54.6 Å². The summed E-state index contributed by atoms with van der Waals surface area (Å²) in [6, 6.07) is 18.7. The van der Waals surface area contributed by atoms with Crippen LogP contribution in [0.2, 0.25) is 0 Å². The van der Waals surface area contributed by atoms with Crippen LogP contribution in [0.3, 0.4) is 0 Å². The van der Waals surface area contributed by atoms with Gasteiger partial charge < -0.3 is 5.73 Å². The minimum absolute atomic E-state index is 0.932. The van der Waals surface area contributed by atoms with E-state index < -0.39 is 0 Å². The van der Waals surface area contributed by atoms with Gasteiger partial charge >= 0.3 is 0 Å². The van der Waals surface area contributed by atoms with Gasteiger partial charge in [-0.05, 0) is 16.7 Å². The van der Waals surface area contributed by atoms with Gasteiger partial charge in [0.1, 0.15) is 0 Å². The third-order valence-electron chi connectivity index (χ3n) is 3.12. The summed E-state index contributed by atoms with van der Waals surface area (Å²) < 4.78 is 0. The smallest absolute Gasteiger partial charge is 0.0432 e. The Labute approximate surface area is 95.2 Å². The molecular weight excluding hydrogens is 194 g/mol. The Morgan fingerprint density at radius 1 is 0.812 bits per heavy atom. The highest BCUT2D eigenvalue weighted by Gasteiger charge is 2.19. The second kappa shape index (κ2) is 3.53. The van der Waals surface area contributed by atoms with Crippen molar-refractivity contribution in [3.63, 3.8) is 0 Å². The van der Waals surface area contributed by atoms with Crippen molar-refractivity contribution >= 4 is 11.3 Å². The van der Waals surface area contributed by atoms with Crippen LogP contribution in [-0.2, 0) is 6.42 Å². The molecule has 0 unspecified atom stereocenters. The van der Waals surface area contributed by atoms with E-state index >= 15 is 0 Å². The molecule has 0 saturated carbocycles. The van der Waals surface area contributed by atoms with E-state index in [4.69, 9.17) is 5.73 Å². The summed E-state index contributed by atoms with van der Waals surface area (Å²) in [5.74, 6) is 0. The Hall–Kier alpha value is -2.02.